The molecule has 0 unspecified atom stereocenters. The van der Waals surface area contributed by atoms with Gasteiger partial charge in [0.25, 0.3) is 0 Å². The minimum absolute atomic E-state index is 0.677. The van der Waals surface area contributed by atoms with Crippen LogP contribution in [0, 0.1) is 5.41 Å². The summed E-state index contributed by atoms with van der Waals surface area (Å²) >= 11 is 0. The van der Waals surface area contributed by atoms with Gasteiger partial charge in [0.1, 0.15) is 0 Å². The Bertz CT molecular complexity index is 133. The molecule has 0 bridgehead atoms. The van der Waals surface area contributed by atoms with E-state index in [0.717, 1.165) is 13.1 Å². The summed E-state index contributed by atoms with van der Waals surface area (Å²) in [7, 11) is 2.24. The number of nitrogens with zero attached hydrogens (tertiary/aromatic N) is 2. The van der Waals surface area contributed by atoms with Crippen LogP contribution >= 0.6 is 0 Å². The molecule has 0 N–H and O–H groups in total. The van der Waals surface area contributed by atoms with E-state index in [1.165, 1.54) is 32.4 Å². The second-order valence-corrected chi connectivity index (χ2v) is 4.16. The van der Waals surface area contributed by atoms with E-state index in [2.05, 4.69) is 17.3 Å². The molecule has 0 aliphatic carbocycles. The lowest BCUT2D eigenvalue weighted by Gasteiger charge is -2.32. The Labute approximate surface area is 69.0 Å². The standard InChI is InChI=1S/C9H17N2/c1-11-7-4-9(8-11)2-5-10-6-3-9/h2-8H2,1H3. The van der Waals surface area contributed by atoms with E-state index >= 15 is 0 Å². The monoisotopic (exact) mass is 153 g/mol. The summed E-state index contributed by atoms with van der Waals surface area (Å²) in [4.78, 5) is 2.46. The van der Waals surface area contributed by atoms with Gasteiger partial charge in [-0.15, -0.1) is 0 Å². The summed E-state index contributed by atoms with van der Waals surface area (Å²) in [5.74, 6) is 0. The molecule has 2 aliphatic rings. The van der Waals surface area contributed by atoms with Crippen LogP contribution < -0.4 is 5.32 Å². The molecule has 0 amide bonds. The van der Waals surface area contributed by atoms with Crippen molar-refractivity contribution in [3.8, 4) is 0 Å². The summed E-state index contributed by atoms with van der Waals surface area (Å²) in [6.07, 6.45) is 4.10. The molecule has 11 heavy (non-hydrogen) atoms. The normalized spacial score (nSPS) is 31.4. The molecular formula is C9H17N2. The molecule has 2 aliphatic heterocycles. The van der Waals surface area contributed by atoms with E-state index < -0.39 is 0 Å². The van der Waals surface area contributed by atoms with Crippen LogP contribution in [0.15, 0.2) is 0 Å². The van der Waals surface area contributed by atoms with Crippen molar-refractivity contribution in [3.05, 3.63) is 0 Å². The highest BCUT2D eigenvalue weighted by Crippen LogP contribution is 2.37. The van der Waals surface area contributed by atoms with Gasteiger partial charge < -0.3 is 4.90 Å². The van der Waals surface area contributed by atoms with Gasteiger partial charge in [0.05, 0.1) is 0 Å². The molecule has 1 spiro atoms. The van der Waals surface area contributed by atoms with Crippen molar-refractivity contribution < 1.29 is 0 Å². The Kier molecular flexibility index (Phi) is 1.90. The molecular weight excluding hydrogens is 136 g/mol. The fourth-order valence-electron chi connectivity index (χ4n) is 2.44. The van der Waals surface area contributed by atoms with Crippen molar-refractivity contribution in [2.24, 2.45) is 5.41 Å². The molecule has 2 heterocycles. The topological polar surface area (TPSA) is 17.3 Å². The predicted octanol–water partition coefficient (Wildman–Crippen LogP) is 0.706. The summed E-state index contributed by atoms with van der Waals surface area (Å²) in [5, 5.41) is 4.40. The number of piperidine rings is 1. The van der Waals surface area contributed by atoms with Crippen LogP contribution in [-0.2, 0) is 0 Å². The van der Waals surface area contributed by atoms with E-state index in [1.807, 2.05) is 0 Å². The SMILES string of the molecule is CN1CCC2(CC[N]CC2)C1. The number of rotatable bonds is 0. The van der Waals surface area contributed by atoms with Gasteiger partial charge >= 0.3 is 0 Å². The Morgan fingerprint density at radius 2 is 1.91 bits per heavy atom. The molecule has 0 aromatic carbocycles. The van der Waals surface area contributed by atoms with Crippen molar-refractivity contribution in [2.75, 3.05) is 33.2 Å². The zero-order chi connectivity index (χ0) is 7.73. The molecule has 2 heteroatoms. The number of likely N-dealkylation sites (tertiary alicyclic amines) is 1. The van der Waals surface area contributed by atoms with Gasteiger partial charge in [-0.05, 0) is 38.3 Å². The second kappa shape index (κ2) is 2.76. The van der Waals surface area contributed by atoms with Crippen LogP contribution in [0.4, 0.5) is 0 Å². The van der Waals surface area contributed by atoms with E-state index in [9.17, 15) is 0 Å². The van der Waals surface area contributed by atoms with Gasteiger partial charge in [-0.1, -0.05) is 0 Å². The second-order valence-electron chi connectivity index (χ2n) is 4.16. The quantitative estimate of drug-likeness (QED) is 0.501. The van der Waals surface area contributed by atoms with Gasteiger partial charge in [0.2, 0.25) is 0 Å². The third-order valence-electron chi connectivity index (χ3n) is 3.23. The minimum Gasteiger partial charge on any atom is -0.306 e. The lowest BCUT2D eigenvalue weighted by atomic mass is 9.78. The van der Waals surface area contributed by atoms with E-state index in [-0.39, 0.29) is 0 Å². The number of hydrogen-bond donors (Lipinski definition) is 0. The highest BCUT2D eigenvalue weighted by atomic mass is 15.1. The molecule has 2 rings (SSSR count). The van der Waals surface area contributed by atoms with Crippen LogP contribution in [-0.4, -0.2) is 38.1 Å². The van der Waals surface area contributed by atoms with Gasteiger partial charge in [0, 0.05) is 19.6 Å². The first-order chi connectivity index (χ1) is 5.31. The fraction of sp³-hybridized carbons (Fsp3) is 1.00. The first-order valence-electron chi connectivity index (χ1n) is 4.63. The molecule has 1 radical (unpaired) electrons. The van der Waals surface area contributed by atoms with Crippen LogP contribution in [0.3, 0.4) is 0 Å². The Morgan fingerprint density at radius 1 is 1.18 bits per heavy atom. The largest absolute Gasteiger partial charge is 0.306 e. The predicted molar refractivity (Wildman–Crippen MR) is 45.6 cm³/mol. The van der Waals surface area contributed by atoms with Crippen LogP contribution in [0.5, 0.6) is 0 Å². The van der Waals surface area contributed by atoms with Crippen LogP contribution in [0.25, 0.3) is 0 Å². The summed E-state index contributed by atoms with van der Waals surface area (Å²) < 4.78 is 0. The Balaban J connectivity index is 1.98. The maximum absolute atomic E-state index is 4.40. The third kappa shape index (κ3) is 1.42. The van der Waals surface area contributed by atoms with Gasteiger partial charge in [-0.2, -0.15) is 0 Å². The molecule has 0 saturated carbocycles. The van der Waals surface area contributed by atoms with Crippen molar-refractivity contribution >= 4 is 0 Å². The van der Waals surface area contributed by atoms with Gasteiger partial charge in [-0.25, -0.2) is 5.32 Å². The maximum atomic E-state index is 4.40. The Morgan fingerprint density at radius 3 is 2.45 bits per heavy atom. The fourth-order valence-corrected chi connectivity index (χ4v) is 2.44. The molecule has 63 valence electrons. The zero-order valence-corrected chi connectivity index (χ0v) is 7.34. The van der Waals surface area contributed by atoms with E-state index in [0.29, 0.717) is 5.41 Å². The summed E-state index contributed by atoms with van der Waals surface area (Å²) in [6, 6.07) is 0. The van der Waals surface area contributed by atoms with Crippen molar-refractivity contribution in [1.82, 2.24) is 10.2 Å². The average molecular weight is 153 g/mol. The first kappa shape index (κ1) is 7.56. The molecule has 2 saturated heterocycles. The maximum Gasteiger partial charge on any atom is 0.0139 e. The van der Waals surface area contributed by atoms with Crippen LogP contribution in [0.2, 0.25) is 0 Å². The Hall–Kier alpha value is -0.0800. The van der Waals surface area contributed by atoms with E-state index in [1.54, 1.807) is 0 Å². The summed E-state index contributed by atoms with van der Waals surface area (Å²) in [5.41, 5.74) is 0.677. The number of hydrogen-bond acceptors (Lipinski definition) is 1. The van der Waals surface area contributed by atoms with Gasteiger partial charge in [0.15, 0.2) is 0 Å². The lowest BCUT2D eigenvalue weighted by molar-refractivity contribution is 0.205. The summed E-state index contributed by atoms with van der Waals surface area (Å²) in [6.45, 7) is 4.87. The van der Waals surface area contributed by atoms with Crippen molar-refractivity contribution in [1.29, 1.82) is 0 Å². The lowest BCUT2D eigenvalue weighted by Crippen LogP contribution is -2.35. The molecule has 0 aromatic rings. The molecule has 0 atom stereocenters. The highest BCUT2D eigenvalue weighted by Gasteiger charge is 2.37. The first-order valence-corrected chi connectivity index (χ1v) is 4.63. The average Bonchev–Trinajstić information content (AvgIpc) is 2.34. The minimum atomic E-state index is 0.677. The smallest absolute Gasteiger partial charge is 0.0139 e. The van der Waals surface area contributed by atoms with Crippen molar-refractivity contribution in [2.45, 2.75) is 19.3 Å². The van der Waals surface area contributed by atoms with Gasteiger partial charge in [-0.3, -0.25) is 0 Å². The zero-order valence-electron chi connectivity index (χ0n) is 7.34. The van der Waals surface area contributed by atoms with Crippen LogP contribution in [0.1, 0.15) is 19.3 Å². The molecule has 0 aromatic heterocycles. The molecule has 2 fully saturated rings. The highest BCUT2D eigenvalue weighted by molar-refractivity contribution is 4.91. The van der Waals surface area contributed by atoms with Crippen molar-refractivity contribution in [3.63, 3.8) is 0 Å². The third-order valence-corrected chi connectivity index (χ3v) is 3.23. The molecule has 2 nitrogen and oxygen atoms in total. The van der Waals surface area contributed by atoms with E-state index in [4.69, 9.17) is 0 Å².